The van der Waals surface area contributed by atoms with E-state index in [2.05, 4.69) is 16.2 Å². The van der Waals surface area contributed by atoms with Gasteiger partial charge in [0.25, 0.3) is 0 Å². The number of halogens is 3. The average molecular weight is 345 g/mol. The smallest absolute Gasteiger partial charge is 0.329 e. The van der Waals surface area contributed by atoms with Crippen LogP contribution in [0.1, 0.15) is 17.0 Å². The van der Waals surface area contributed by atoms with Gasteiger partial charge in [-0.15, -0.1) is 0 Å². The summed E-state index contributed by atoms with van der Waals surface area (Å²) in [7, 11) is 0. The van der Waals surface area contributed by atoms with Crippen LogP contribution in [-0.2, 0) is 19.3 Å². The topological polar surface area (TPSA) is 59.4 Å². The van der Waals surface area contributed by atoms with Gasteiger partial charge in [-0.3, -0.25) is 4.68 Å². The van der Waals surface area contributed by atoms with E-state index in [1.54, 1.807) is 37.5 Å². The molecule has 0 spiro atoms. The van der Waals surface area contributed by atoms with Gasteiger partial charge in [0.05, 0.1) is 18.2 Å². The van der Waals surface area contributed by atoms with Gasteiger partial charge in [-0.05, 0) is 25.1 Å². The predicted molar refractivity (Wildman–Crippen MR) is 84.3 cm³/mol. The lowest BCUT2D eigenvalue weighted by atomic mass is 10.1. The van der Waals surface area contributed by atoms with E-state index in [1.165, 1.54) is 4.68 Å². The molecule has 0 N–H and O–H groups in total. The molecule has 0 saturated heterocycles. The molecule has 5 nitrogen and oxygen atoms in total. The van der Waals surface area contributed by atoms with Crippen LogP contribution in [0.3, 0.4) is 0 Å². The molecule has 0 aliphatic heterocycles. The fraction of sp³-hybridized carbons (Fsp3) is 0.235. The van der Waals surface area contributed by atoms with Crippen LogP contribution in [0.25, 0.3) is 11.4 Å². The van der Waals surface area contributed by atoms with Crippen molar-refractivity contribution >= 4 is 0 Å². The Morgan fingerprint density at radius 3 is 2.68 bits per heavy atom. The van der Waals surface area contributed by atoms with Crippen molar-refractivity contribution in [3.05, 3.63) is 59.7 Å². The molecule has 0 fully saturated rings. The first-order valence-electron chi connectivity index (χ1n) is 7.52. The lowest BCUT2D eigenvalue weighted by Crippen LogP contribution is -2.12. The van der Waals surface area contributed by atoms with E-state index in [9.17, 15) is 13.2 Å². The molecule has 2 aromatic heterocycles. The van der Waals surface area contributed by atoms with Gasteiger partial charge in [-0.2, -0.15) is 23.5 Å². The van der Waals surface area contributed by atoms with Crippen LogP contribution in [0, 0.1) is 18.3 Å². The quantitative estimate of drug-likeness (QED) is 0.725. The van der Waals surface area contributed by atoms with Crippen molar-refractivity contribution in [3.8, 4) is 17.5 Å². The maximum absolute atomic E-state index is 12.7. The van der Waals surface area contributed by atoms with Gasteiger partial charge in [0.1, 0.15) is 5.82 Å². The standard InChI is InChI=1S/C17H14F3N5/c1-12-9-15(17(18,19)20)23-25(12)8-7-24-6-5-22-16(24)14-4-2-3-13(10-14)11-21/h2-6,9-10H,7-8H2,1H3. The van der Waals surface area contributed by atoms with Gasteiger partial charge in [0.15, 0.2) is 5.69 Å². The van der Waals surface area contributed by atoms with Crippen LogP contribution in [0.15, 0.2) is 42.7 Å². The molecule has 128 valence electrons. The molecule has 25 heavy (non-hydrogen) atoms. The first-order chi connectivity index (χ1) is 11.9. The Hall–Kier alpha value is -3.08. The molecule has 0 bridgehead atoms. The minimum Gasteiger partial charge on any atom is -0.329 e. The molecule has 2 heterocycles. The van der Waals surface area contributed by atoms with Crippen molar-refractivity contribution in [1.82, 2.24) is 19.3 Å². The second kappa shape index (κ2) is 6.43. The first kappa shape index (κ1) is 16.8. The summed E-state index contributed by atoms with van der Waals surface area (Å²) in [6, 6.07) is 10.1. The SMILES string of the molecule is Cc1cc(C(F)(F)F)nn1CCn1ccnc1-c1cccc(C#N)c1. The third kappa shape index (κ3) is 3.55. The van der Waals surface area contributed by atoms with Crippen molar-refractivity contribution in [2.24, 2.45) is 0 Å². The lowest BCUT2D eigenvalue weighted by molar-refractivity contribution is -0.141. The Labute approximate surface area is 142 Å². The van der Waals surface area contributed by atoms with Crippen LogP contribution < -0.4 is 0 Å². The number of rotatable bonds is 4. The Bertz CT molecular complexity index is 930. The molecule has 0 radical (unpaired) electrons. The fourth-order valence-corrected chi connectivity index (χ4v) is 2.56. The number of aromatic nitrogens is 4. The van der Waals surface area contributed by atoms with Crippen LogP contribution in [-0.4, -0.2) is 19.3 Å². The number of imidazole rings is 1. The summed E-state index contributed by atoms with van der Waals surface area (Å²) in [5.74, 6) is 0.651. The molecular formula is C17H14F3N5. The number of alkyl halides is 3. The largest absolute Gasteiger partial charge is 0.435 e. The molecular weight excluding hydrogens is 331 g/mol. The van der Waals surface area contributed by atoms with Crippen LogP contribution in [0.5, 0.6) is 0 Å². The van der Waals surface area contributed by atoms with Crippen LogP contribution in [0.2, 0.25) is 0 Å². The van der Waals surface area contributed by atoms with Gasteiger partial charge < -0.3 is 4.57 Å². The van der Waals surface area contributed by atoms with Gasteiger partial charge in [0, 0.05) is 30.2 Å². The normalized spacial score (nSPS) is 11.5. The molecule has 3 rings (SSSR count). The average Bonchev–Trinajstić information content (AvgIpc) is 3.19. The van der Waals surface area contributed by atoms with Crippen molar-refractivity contribution in [2.45, 2.75) is 26.2 Å². The molecule has 3 aromatic rings. The molecule has 0 unspecified atom stereocenters. The van der Waals surface area contributed by atoms with E-state index < -0.39 is 11.9 Å². The minimum absolute atomic E-state index is 0.281. The molecule has 1 aromatic carbocycles. The maximum Gasteiger partial charge on any atom is 0.435 e. The van der Waals surface area contributed by atoms with Crippen LogP contribution in [0.4, 0.5) is 13.2 Å². The monoisotopic (exact) mass is 345 g/mol. The molecule has 0 aliphatic carbocycles. The second-order valence-corrected chi connectivity index (χ2v) is 5.53. The Balaban J connectivity index is 1.81. The summed E-state index contributed by atoms with van der Waals surface area (Å²) in [5.41, 5.74) is 0.847. The van der Waals surface area contributed by atoms with E-state index in [0.29, 0.717) is 23.6 Å². The Morgan fingerprint density at radius 2 is 2.00 bits per heavy atom. The minimum atomic E-state index is -4.45. The van der Waals surface area contributed by atoms with E-state index in [-0.39, 0.29) is 6.54 Å². The zero-order chi connectivity index (χ0) is 18.0. The summed E-state index contributed by atoms with van der Waals surface area (Å²) in [5, 5.41) is 12.6. The van der Waals surface area contributed by atoms with Gasteiger partial charge in [-0.1, -0.05) is 12.1 Å². The molecule has 0 aliphatic rings. The van der Waals surface area contributed by atoms with Gasteiger partial charge >= 0.3 is 6.18 Å². The number of nitriles is 1. The summed E-state index contributed by atoms with van der Waals surface area (Å²) in [6.07, 6.45) is -1.09. The Kier molecular flexibility index (Phi) is 4.31. The highest BCUT2D eigenvalue weighted by molar-refractivity contribution is 5.58. The van der Waals surface area contributed by atoms with E-state index >= 15 is 0 Å². The number of nitrogens with zero attached hydrogens (tertiary/aromatic N) is 5. The first-order valence-corrected chi connectivity index (χ1v) is 7.52. The summed E-state index contributed by atoms with van der Waals surface area (Å²) in [4.78, 5) is 4.28. The molecule has 0 atom stereocenters. The fourth-order valence-electron chi connectivity index (χ4n) is 2.56. The Morgan fingerprint density at radius 1 is 1.20 bits per heavy atom. The van der Waals surface area contributed by atoms with Crippen molar-refractivity contribution in [3.63, 3.8) is 0 Å². The predicted octanol–water partition coefficient (Wildman–Crippen LogP) is 3.65. The van der Waals surface area contributed by atoms with Crippen molar-refractivity contribution in [1.29, 1.82) is 5.26 Å². The maximum atomic E-state index is 12.7. The second-order valence-electron chi connectivity index (χ2n) is 5.53. The van der Waals surface area contributed by atoms with E-state index in [1.807, 2.05) is 10.6 Å². The highest BCUT2D eigenvalue weighted by Gasteiger charge is 2.34. The molecule has 0 amide bonds. The van der Waals surface area contributed by atoms with Gasteiger partial charge in [-0.25, -0.2) is 4.98 Å². The lowest BCUT2D eigenvalue weighted by Gasteiger charge is -2.09. The molecule has 8 heteroatoms. The summed E-state index contributed by atoms with van der Waals surface area (Å²) >= 11 is 0. The number of benzene rings is 1. The third-order valence-electron chi connectivity index (χ3n) is 3.79. The number of aryl methyl sites for hydroxylation is 3. The number of hydrogen-bond acceptors (Lipinski definition) is 3. The zero-order valence-electron chi connectivity index (χ0n) is 13.3. The highest BCUT2D eigenvalue weighted by atomic mass is 19.4. The summed E-state index contributed by atoms with van der Waals surface area (Å²) in [6.45, 7) is 2.28. The van der Waals surface area contributed by atoms with E-state index in [4.69, 9.17) is 5.26 Å². The zero-order valence-corrected chi connectivity index (χ0v) is 13.3. The van der Waals surface area contributed by atoms with Gasteiger partial charge in [0.2, 0.25) is 0 Å². The van der Waals surface area contributed by atoms with Crippen molar-refractivity contribution < 1.29 is 13.2 Å². The van der Waals surface area contributed by atoms with Crippen molar-refractivity contribution in [2.75, 3.05) is 0 Å². The third-order valence-corrected chi connectivity index (χ3v) is 3.79. The van der Waals surface area contributed by atoms with E-state index in [0.717, 1.165) is 11.6 Å². The number of hydrogen-bond donors (Lipinski definition) is 0. The summed E-state index contributed by atoms with van der Waals surface area (Å²) < 4.78 is 41.4. The molecule has 0 saturated carbocycles. The highest BCUT2D eigenvalue weighted by Crippen LogP contribution is 2.28. The van der Waals surface area contributed by atoms with Crippen LogP contribution >= 0.6 is 0 Å².